The number of thiol groups is 1. The van der Waals surface area contributed by atoms with Crippen LogP contribution in [-0.2, 0) is 30.4 Å². The fraction of sp³-hybridized carbons (Fsp3) is 0.923. The van der Waals surface area contributed by atoms with Crippen LogP contribution in [0.5, 0.6) is 0 Å². The molecule has 6 nitrogen and oxygen atoms in total. The normalized spacial score (nSPS) is 12.7. The first-order valence-electron chi connectivity index (χ1n) is 13.3. The predicted molar refractivity (Wildman–Crippen MR) is 152 cm³/mol. The molecule has 0 aliphatic heterocycles. The van der Waals surface area contributed by atoms with Crippen molar-refractivity contribution in [3.63, 3.8) is 0 Å². The Labute approximate surface area is 224 Å². The molecule has 0 aromatic heterocycles. The standard InChI is InChI=1S/C26H51O6PS2/c1-25(2,19-15-11-7-5-9-13-17-23(27)28)21-31-33(34,35)32-22-26(3,4)20-16-12-8-6-10-14-18-24(29)30/h5-22H2,1-4H3,(H,27,28)(H,29,30)(H,34,35). The van der Waals surface area contributed by atoms with Gasteiger partial charge in [-0.2, -0.15) is 0 Å². The molecule has 0 fully saturated rings. The Morgan fingerprint density at radius 2 is 0.943 bits per heavy atom. The molecule has 0 heterocycles. The lowest BCUT2D eigenvalue weighted by molar-refractivity contribution is -0.138. The zero-order valence-corrected chi connectivity index (χ0v) is 25.2. The summed E-state index contributed by atoms with van der Waals surface area (Å²) in [7, 11) is 0. The number of aliphatic carboxylic acids is 2. The van der Waals surface area contributed by atoms with Crippen LogP contribution >= 0.6 is 17.9 Å². The fourth-order valence-electron chi connectivity index (χ4n) is 3.87. The Balaban J connectivity index is 3.98. The van der Waals surface area contributed by atoms with Gasteiger partial charge in [-0.05, 0) is 48.3 Å². The third-order valence-electron chi connectivity index (χ3n) is 6.23. The van der Waals surface area contributed by atoms with Crippen LogP contribution in [-0.4, -0.2) is 35.4 Å². The van der Waals surface area contributed by atoms with Crippen molar-refractivity contribution in [2.24, 2.45) is 10.8 Å². The molecule has 0 aliphatic carbocycles. The molecule has 0 radical (unpaired) electrons. The maximum absolute atomic E-state index is 10.5. The van der Waals surface area contributed by atoms with Crippen LogP contribution in [0.25, 0.3) is 0 Å². The highest BCUT2D eigenvalue weighted by molar-refractivity contribution is 8.60. The van der Waals surface area contributed by atoms with E-state index in [2.05, 4.69) is 39.9 Å². The topological polar surface area (TPSA) is 93.1 Å². The minimum absolute atomic E-state index is 0.0133. The number of hydrogen-bond donors (Lipinski definition) is 3. The molecule has 9 heteroatoms. The van der Waals surface area contributed by atoms with Crippen molar-refractivity contribution in [2.45, 2.75) is 130 Å². The maximum atomic E-state index is 10.5. The second-order valence-corrected chi connectivity index (χ2v) is 16.7. The molecule has 208 valence electrons. The van der Waals surface area contributed by atoms with E-state index in [1.165, 1.54) is 0 Å². The van der Waals surface area contributed by atoms with Crippen molar-refractivity contribution >= 4 is 41.7 Å². The average Bonchev–Trinajstić information content (AvgIpc) is 2.74. The number of unbranched alkanes of at least 4 members (excludes halogenated alkanes) is 10. The maximum Gasteiger partial charge on any atom is 0.303 e. The van der Waals surface area contributed by atoms with E-state index in [1.54, 1.807) is 0 Å². The van der Waals surface area contributed by atoms with Gasteiger partial charge in [0, 0.05) is 12.8 Å². The number of hydrogen-bond acceptors (Lipinski definition) is 5. The number of rotatable bonds is 24. The molecule has 35 heavy (non-hydrogen) atoms. The summed E-state index contributed by atoms with van der Waals surface area (Å²) >= 11 is 10.1. The largest absolute Gasteiger partial charge is 0.481 e. The zero-order valence-electron chi connectivity index (χ0n) is 22.6. The average molecular weight is 555 g/mol. The van der Waals surface area contributed by atoms with Crippen molar-refractivity contribution in [1.29, 1.82) is 0 Å². The summed E-state index contributed by atoms with van der Waals surface area (Å²) in [6, 6.07) is 0. The van der Waals surface area contributed by atoms with Crippen LogP contribution in [0.4, 0.5) is 0 Å². The third kappa shape index (κ3) is 24.0. The minimum Gasteiger partial charge on any atom is -0.481 e. The van der Waals surface area contributed by atoms with E-state index in [1.807, 2.05) is 0 Å². The number of carboxylic acid groups (broad SMARTS) is 2. The van der Waals surface area contributed by atoms with Gasteiger partial charge in [0.1, 0.15) is 0 Å². The minimum atomic E-state index is -2.58. The second kappa shape index (κ2) is 19.0. The molecule has 0 bridgehead atoms. The lowest BCUT2D eigenvalue weighted by atomic mass is 9.88. The van der Waals surface area contributed by atoms with Crippen molar-refractivity contribution in [3.05, 3.63) is 0 Å². The van der Waals surface area contributed by atoms with E-state index in [0.717, 1.165) is 89.9 Å². The summed E-state index contributed by atoms with van der Waals surface area (Å²) in [4.78, 5) is 21.1. The third-order valence-corrected chi connectivity index (χ3v) is 8.46. The van der Waals surface area contributed by atoms with Gasteiger partial charge in [-0.1, -0.05) is 104 Å². The van der Waals surface area contributed by atoms with Gasteiger partial charge >= 0.3 is 11.9 Å². The van der Waals surface area contributed by atoms with Crippen molar-refractivity contribution in [2.75, 3.05) is 13.2 Å². The van der Waals surface area contributed by atoms with Gasteiger partial charge < -0.3 is 19.3 Å². The van der Waals surface area contributed by atoms with Crippen LogP contribution in [0.3, 0.4) is 0 Å². The van der Waals surface area contributed by atoms with Crippen LogP contribution in [0.2, 0.25) is 0 Å². The highest BCUT2D eigenvalue weighted by Gasteiger charge is 2.26. The van der Waals surface area contributed by atoms with E-state index in [-0.39, 0.29) is 23.7 Å². The van der Waals surface area contributed by atoms with Crippen LogP contribution < -0.4 is 0 Å². The summed E-state index contributed by atoms with van der Waals surface area (Å²) in [6.07, 6.45) is 15.2. The van der Waals surface area contributed by atoms with Crippen LogP contribution in [0, 0.1) is 10.8 Å². The molecule has 0 rings (SSSR count). The van der Waals surface area contributed by atoms with E-state index < -0.39 is 17.6 Å². The quantitative estimate of drug-likeness (QED) is 0.0624. The van der Waals surface area contributed by atoms with Gasteiger partial charge in [0.05, 0.1) is 13.2 Å². The Kier molecular flexibility index (Phi) is 18.9. The SMILES string of the molecule is CC(C)(CCCCCCCCC(=O)O)COP(=S)(S)OCC(C)(C)CCCCCCCCC(=O)O. The van der Waals surface area contributed by atoms with Gasteiger partial charge in [-0.3, -0.25) is 9.59 Å². The van der Waals surface area contributed by atoms with Crippen LogP contribution in [0.15, 0.2) is 0 Å². The van der Waals surface area contributed by atoms with Gasteiger partial charge in [-0.15, -0.1) is 0 Å². The van der Waals surface area contributed by atoms with Crippen molar-refractivity contribution < 1.29 is 28.8 Å². The van der Waals surface area contributed by atoms with Crippen molar-refractivity contribution in [1.82, 2.24) is 0 Å². The Hall–Kier alpha value is -0.140. The molecule has 0 spiro atoms. The van der Waals surface area contributed by atoms with Gasteiger partial charge in [0.2, 0.25) is 5.69 Å². The summed E-state index contributed by atoms with van der Waals surface area (Å²) in [6.45, 7) is 9.83. The lowest BCUT2D eigenvalue weighted by Gasteiger charge is -2.30. The smallest absolute Gasteiger partial charge is 0.303 e. The molecule has 0 saturated carbocycles. The Morgan fingerprint density at radius 3 is 1.26 bits per heavy atom. The van der Waals surface area contributed by atoms with Gasteiger partial charge in [0.15, 0.2) is 0 Å². The first-order valence-corrected chi connectivity index (χ1v) is 17.1. The molecule has 0 aromatic carbocycles. The van der Waals surface area contributed by atoms with Crippen molar-refractivity contribution in [3.8, 4) is 0 Å². The summed E-state index contributed by atoms with van der Waals surface area (Å²) in [5.74, 6) is -1.41. The van der Waals surface area contributed by atoms with E-state index in [4.69, 9.17) is 31.1 Å². The molecule has 0 atom stereocenters. The van der Waals surface area contributed by atoms with E-state index in [9.17, 15) is 9.59 Å². The molecule has 2 N–H and O–H groups in total. The summed E-state index contributed by atoms with van der Waals surface area (Å²) in [5.41, 5.74) is -2.56. The summed E-state index contributed by atoms with van der Waals surface area (Å²) < 4.78 is 12.0. The zero-order chi connectivity index (χ0) is 26.8. The molecule has 0 unspecified atom stereocenters. The number of carboxylic acids is 2. The first kappa shape index (κ1) is 34.9. The first-order chi connectivity index (χ1) is 16.2. The molecule has 0 amide bonds. The second-order valence-electron chi connectivity index (χ2n) is 11.4. The molecule has 0 aliphatic rings. The highest BCUT2D eigenvalue weighted by atomic mass is 32.9. The van der Waals surface area contributed by atoms with Gasteiger partial charge in [-0.25, -0.2) is 0 Å². The Bertz CT molecular complexity index is 589. The van der Waals surface area contributed by atoms with Gasteiger partial charge in [0.25, 0.3) is 0 Å². The molecular formula is C26H51O6PS2. The summed E-state index contributed by atoms with van der Waals surface area (Å²) in [5, 5.41) is 17.3. The highest BCUT2D eigenvalue weighted by Crippen LogP contribution is 2.55. The van der Waals surface area contributed by atoms with E-state index in [0.29, 0.717) is 13.2 Å². The number of carbonyl (C=O) groups is 2. The van der Waals surface area contributed by atoms with Crippen LogP contribution in [0.1, 0.15) is 130 Å². The molecule has 0 saturated heterocycles. The predicted octanol–water partition coefficient (Wildman–Crippen LogP) is 8.64. The molecule has 0 aromatic rings. The molecular weight excluding hydrogens is 503 g/mol. The lowest BCUT2D eigenvalue weighted by Crippen LogP contribution is -2.20. The monoisotopic (exact) mass is 554 g/mol. The van der Waals surface area contributed by atoms with E-state index >= 15 is 0 Å². The Morgan fingerprint density at radius 1 is 0.657 bits per heavy atom. The fourth-order valence-corrected chi connectivity index (χ4v) is 5.63.